The molecule has 1 saturated heterocycles. The van der Waals surface area contributed by atoms with Gasteiger partial charge in [-0.2, -0.15) is 9.97 Å². The molecule has 0 aliphatic carbocycles. The van der Waals surface area contributed by atoms with Crippen molar-refractivity contribution in [2.24, 2.45) is 0 Å². The van der Waals surface area contributed by atoms with E-state index >= 15 is 0 Å². The monoisotopic (exact) mass is 488 g/mol. The third-order valence-corrected chi connectivity index (χ3v) is 5.82. The van der Waals surface area contributed by atoms with Crippen LogP contribution in [-0.2, 0) is 21.1 Å². The molecule has 3 aromatic rings. The molecule has 3 aromatic heterocycles. The third kappa shape index (κ3) is 4.22. The Morgan fingerprint density at radius 2 is 2.03 bits per heavy atom. The summed E-state index contributed by atoms with van der Waals surface area (Å²) in [5, 5.41) is 20.8. The minimum atomic E-state index is -4.04. The molecule has 3 unspecified atom stereocenters. The van der Waals surface area contributed by atoms with Crippen LogP contribution >= 0.6 is 6.72 Å². The number of nitrogens with one attached hydrogen (secondary N) is 1. The molecule has 32 heavy (non-hydrogen) atoms. The number of H-pyrrole nitrogens is 1. The number of aromatic nitrogens is 6. The lowest BCUT2D eigenvalue weighted by atomic mass is 10.1. The average Bonchev–Trinajstić information content (AvgIpc) is 3.24. The molecule has 0 amide bonds. The number of hydrogen-bond acceptors (Lipinski definition) is 13. The molecule has 0 saturated carbocycles. The van der Waals surface area contributed by atoms with E-state index in [2.05, 4.69) is 19.9 Å². The Kier molecular flexibility index (Phi) is 5.72. The summed E-state index contributed by atoms with van der Waals surface area (Å²) in [6.45, 7) is -4.55. The van der Waals surface area contributed by atoms with Gasteiger partial charge in [-0.1, -0.05) is 0 Å². The zero-order chi connectivity index (χ0) is 23.2. The first-order chi connectivity index (χ1) is 15.1. The predicted molar refractivity (Wildman–Crippen MR) is 110 cm³/mol. The van der Waals surface area contributed by atoms with E-state index in [1.807, 2.05) is 0 Å². The van der Waals surface area contributed by atoms with Crippen LogP contribution in [0.3, 0.4) is 0 Å². The molecule has 18 heteroatoms. The number of nitrogens with zero attached hydrogens (tertiary/aromatic N) is 5. The van der Waals surface area contributed by atoms with Gasteiger partial charge in [-0.15, -0.1) is 4.73 Å². The van der Waals surface area contributed by atoms with Gasteiger partial charge in [0.05, 0.1) is 19.1 Å². The van der Waals surface area contributed by atoms with Gasteiger partial charge in [-0.3, -0.25) is 18.9 Å². The molecule has 1 aliphatic rings. The van der Waals surface area contributed by atoms with Gasteiger partial charge in [0.25, 0.3) is 5.56 Å². The fraction of sp³-hybridized carbons (Fsp3) is 0.357. The maximum atomic E-state index is 11.9. The zero-order valence-electron chi connectivity index (χ0n) is 15.9. The summed E-state index contributed by atoms with van der Waals surface area (Å²) in [5.74, 6) is -0.238. The minimum Gasteiger partial charge on any atom is -0.387 e. The van der Waals surface area contributed by atoms with E-state index in [0.29, 0.717) is 4.73 Å². The van der Waals surface area contributed by atoms with Crippen molar-refractivity contribution in [1.29, 1.82) is 0 Å². The van der Waals surface area contributed by atoms with Crippen LogP contribution in [0.15, 0.2) is 28.2 Å². The lowest BCUT2D eigenvalue weighted by Gasteiger charge is -2.20. The Morgan fingerprint density at radius 3 is 2.75 bits per heavy atom. The van der Waals surface area contributed by atoms with Crippen LogP contribution in [0.4, 0.5) is 11.8 Å². The molecule has 5 atom stereocenters. The second-order valence-electron chi connectivity index (χ2n) is 6.63. The van der Waals surface area contributed by atoms with E-state index in [1.165, 1.54) is 17.0 Å². The first kappa shape index (κ1) is 22.3. The second-order valence-corrected chi connectivity index (χ2v) is 9.37. The summed E-state index contributed by atoms with van der Waals surface area (Å²) in [6.07, 6.45) is -3.06. The van der Waals surface area contributed by atoms with Crippen LogP contribution in [0.2, 0.25) is 0 Å². The number of nitrogen functional groups attached to an aromatic ring is 2. The molecule has 4 heterocycles. The molecule has 4 rings (SSSR count). The number of imidazole rings is 1. The van der Waals surface area contributed by atoms with Gasteiger partial charge in [0.1, 0.15) is 24.1 Å². The smallest absolute Gasteiger partial charge is 0.387 e. The number of ether oxygens (including phenoxy) is 1. The van der Waals surface area contributed by atoms with E-state index in [4.69, 9.17) is 37.2 Å². The van der Waals surface area contributed by atoms with Gasteiger partial charge in [-0.25, -0.2) is 9.78 Å². The fourth-order valence-corrected chi connectivity index (χ4v) is 4.12. The Bertz CT molecular complexity index is 1330. The summed E-state index contributed by atoms with van der Waals surface area (Å²) < 4.78 is 17.5. The standard InChI is InChI=1S/C14H17N8O8PS/c15-6-1-2-22(14(26)18-6)30-31(27,32)28-3-5-8(23)9(24)12(29-5)21-4-17-7-10(21)19-13(16)20-11(7)25/h1-2,4-5,8-9,12,23-24H,3H2,(H,27,32)(H2,15,18,26)(H3,16,19,20,25)/t5-,8?,9?,12-,31?/m1/s1. The second kappa shape index (κ2) is 8.21. The summed E-state index contributed by atoms with van der Waals surface area (Å²) in [7, 11) is 0. The van der Waals surface area contributed by atoms with Crippen molar-refractivity contribution in [2.75, 3.05) is 18.1 Å². The van der Waals surface area contributed by atoms with Crippen molar-refractivity contribution in [1.82, 2.24) is 29.2 Å². The van der Waals surface area contributed by atoms with E-state index < -0.39 is 49.1 Å². The van der Waals surface area contributed by atoms with Crippen molar-refractivity contribution >= 4 is 41.5 Å². The summed E-state index contributed by atoms with van der Waals surface area (Å²) in [4.78, 5) is 47.4. The number of aromatic amines is 1. The van der Waals surface area contributed by atoms with Crippen molar-refractivity contribution in [3.63, 3.8) is 0 Å². The number of rotatable bonds is 6. The number of aliphatic hydroxyl groups excluding tert-OH is 2. The topological polar surface area (TPSA) is 239 Å². The highest BCUT2D eigenvalue weighted by Crippen LogP contribution is 2.41. The van der Waals surface area contributed by atoms with Crippen LogP contribution in [-0.4, -0.2) is 69.3 Å². The fourth-order valence-electron chi connectivity index (χ4n) is 3.00. The highest BCUT2D eigenvalue weighted by molar-refractivity contribution is 8.07. The molecule has 0 bridgehead atoms. The molecule has 0 aromatic carbocycles. The lowest BCUT2D eigenvalue weighted by Crippen LogP contribution is -2.34. The van der Waals surface area contributed by atoms with Gasteiger partial charge in [0, 0.05) is 17.9 Å². The molecule has 8 N–H and O–H groups in total. The maximum Gasteiger partial charge on any atom is 0.397 e. The van der Waals surface area contributed by atoms with Gasteiger partial charge in [0.2, 0.25) is 5.95 Å². The van der Waals surface area contributed by atoms with Crippen molar-refractivity contribution in [3.05, 3.63) is 39.4 Å². The van der Waals surface area contributed by atoms with Crippen molar-refractivity contribution < 1.29 is 29.0 Å². The van der Waals surface area contributed by atoms with Crippen LogP contribution < -0.4 is 27.3 Å². The largest absolute Gasteiger partial charge is 0.397 e. The van der Waals surface area contributed by atoms with E-state index in [1.54, 1.807) is 0 Å². The van der Waals surface area contributed by atoms with Gasteiger partial charge in [0.15, 0.2) is 17.4 Å². The van der Waals surface area contributed by atoms with E-state index in [0.717, 1.165) is 6.20 Å². The van der Waals surface area contributed by atoms with Gasteiger partial charge < -0.3 is 35.9 Å². The highest BCUT2D eigenvalue weighted by Gasteiger charge is 2.45. The van der Waals surface area contributed by atoms with Crippen LogP contribution in [0.25, 0.3) is 11.2 Å². The number of fused-ring (bicyclic) bond motifs is 1. The number of nitrogens with two attached hydrogens (primary N) is 2. The quantitative estimate of drug-likeness (QED) is 0.188. The van der Waals surface area contributed by atoms with E-state index in [-0.39, 0.29) is 22.9 Å². The highest BCUT2D eigenvalue weighted by atomic mass is 32.5. The molecule has 0 radical (unpaired) electrons. The third-order valence-electron chi connectivity index (χ3n) is 4.45. The van der Waals surface area contributed by atoms with E-state index in [9.17, 15) is 24.7 Å². The van der Waals surface area contributed by atoms with Crippen LogP contribution in [0, 0.1) is 0 Å². The SMILES string of the molecule is Nc1ccn(OP(O)(=S)OC[C@H]2O[C@@H](n3cnc4c(=O)[nH]c(N)nc43)C(O)C2O)c(=O)n1. The van der Waals surface area contributed by atoms with Crippen LogP contribution in [0.5, 0.6) is 0 Å². The molecule has 1 aliphatic heterocycles. The molecule has 16 nitrogen and oxygen atoms in total. The molecular formula is C14H17N8O8PS. The summed E-state index contributed by atoms with van der Waals surface area (Å²) >= 11 is 4.85. The zero-order valence-corrected chi connectivity index (χ0v) is 17.6. The van der Waals surface area contributed by atoms with Crippen LogP contribution in [0.1, 0.15) is 6.23 Å². The summed E-state index contributed by atoms with van der Waals surface area (Å²) in [6, 6.07) is 1.24. The first-order valence-corrected chi connectivity index (χ1v) is 11.4. The van der Waals surface area contributed by atoms with Gasteiger partial charge >= 0.3 is 12.4 Å². The Hall–Kier alpha value is -2.92. The molecule has 0 spiro atoms. The normalized spacial score (nSPS) is 25.1. The average molecular weight is 488 g/mol. The van der Waals surface area contributed by atoms with Gasteiger partial charge in [-0.05, 0) is 0 Å². The Labute approximate surface area is 182 Å². The number of hydrogen-bond donors (Lipinski definition) is 6. The molecule has 172 valence electrons. The molecule has 1 fully saturated rings. The van der Waals surface area contributed by atoms with Crippen molar-refractivity contribution in [3.8, 4) is 0 Å². The minimum absolute atomic E-state index is 0.0231. The summed E-state index contributed by atoms with van der Waals surface area (Å²) in [5.41, 5.74) is 9.37. The number of anilines is 2. The maximum absolute atomic E-state index is 11.9. The predicted octanol–water partition coefficient (Wildman–Crippen LogP) is -3.18. The number of aliphatic hydroxyl groups is 2. The first-order valence-electron chi connectivity index (χ1n) is 8.82. The lowest BCUT2D eigenvalue weighted by molar-refractivity contribution is -0.0495. The Balaban J connectivity index is 1.48. The Morgan fingerprint density at radius 1 is 1.28 bits per heavy atom. The van der Waals surface area contributed by atoms with Crippen molar-refractivity contribution in [2.45, 2.75) is 24.5 Å². The molecular weight excluding hydrogens is 471 g/mol.